The van der Waals surface area contributed by atoms with E-state index in [0.717, 1.165) is 10.0 Å². The van der Waals surface area contributed by atoms with Gasteiger partial charge in [0.25, 0.3) is 15.9 Å². The minimum absolute atomic E-state index is 0.0612. The summed E-state index contributed by atoms with van der Waals surface area (Å²) in [5, 5.41) is 2.88. The number of amides is 1. The van der Waals surface area contributed by atoms with Crippen LogP contribution in [0.5, 0.6) is 0 Å². The number of benzene rings is 3. The molecular formula is C20H16BrClN2O3S. The lowest BCUT2D eigenvalue weighted by Crippen LogP contribution is -2.16. The number of nitrogens with one attached hydrogen (secondary N) is 2. The molecule has 0 atom stereocenters. The maximum absolute atomic E-state index is 12.7. The molecule has 0 bridgehead atoms. The van der Waals surface area contributed by atoms with Crippen molar-refractivity contribution in [2.24, 2.45) is 0 Å². The Kier molecular flexibility index (Phi) is 6.07. The van der Waals surface area contributed by atoms with Crippen LogP contribution in [0.1, 0.15) is 15.9 Å². The fraction of sp³-hybridized carbons (Fsp3) is 0.0500. The molecule has 3 aromatic carbocycles. The molecule has 5 nitrogen and oxygen atoms in total. The van der Waals surface area contributed by atoms with Crippen LogP contribution in [0.4, 0.5) is 11.4 Å². The Balaban J connectivity index is 1.86. The fourth-order valence-corrected chi connectivity index (χ4v) is 3.97. The summed E-state index contributed by atoms with van der Waals surface area (Å²) in [6, 6.07) is 17.9. The Labute approximate surface area is 176 Å². The summed E-state index contributed by atoms with van der Waals surface area (Å²) in [7, 11) is -3.88. The average Bonchev–Trinajstić information content (AvgIpc) is 2.65. The van der Waals surface area contributed by atoms with Crippen molar-refractivity contribution in [3.8, 4) is 0 Å². The van der Waals surface area contributed by atoms with Gasteiger partial charge in [0.05, 0.1) is 15.5 Å². The first-order chi connectivity index (χ1) is 13.2. The predicted octanol–water partition coefficient (Wildman–Crippen LogP) is 5.46. The Morgan fingerprint density at radius 3 is 2.18 bits per heavy atom. The molecule has 3 rings (SSSR count). The van der Waals surface area contributed by atoms with Gasteiger partial charge in [-0.05, 0) is 61.5 Å². The minimum atomic E-state index is -3.88. The molecule has 0 aliphatic carbocycles. The summed E-state index contributed by atoms with van der Waals surface area (Å²) < 4.78 is 28.7. The van der Waals surface area contributed by atoms with Gasteiger partial charge in [0, 0.05) is 15.8 Å². The van der Waals surface area contributed by atoms with Crippen molar-refractivity contribution >= 4 is 54.8 Å². The molecule has 0 unspecified atom stereocenters. The maximum Gasteiger partial charge on any atom is 0.261 e. The SMILES string of the molecule is Cc1ccc(NC(=O)c2cc(S(=O)(=O)Nc3ccc(Br)cc3)ccc2Cl)cc1. The van der Waals surface area contributed by atoms with Gasteiger partial charge >= 0.3 is 0 Å². The molecule has 0 saturated heterocycles. The van der Waals surface area contributed by atoms with Crippen molar-refractivity contribution < 1.29 is 13.2 Å². The number of hydrogen-bond acceptors (Lipinski definition) is 3. The normalized spacial score (nSPS) is 11.1. The second-order valence-electron chi connectivity index (χ2n) is 6.07. The summed E-state index contributed by atoms with van der Waals surface area (Å²) in [5.41, 5.74) is 2.13. The largest absolute Gasteiger partial charge is 0.322 e. The minimum Gasteiger partial charge on any atom is -0.322 e. The quantitative estimate of drug-likeness (QED) is 0.510. The van der Waals surface area contributed by atoms with Crippen molar-refractivity contribution in [1.29, 1.82) is 0 Å². The van der Waals surface area contributed by atoms with Crippen LogP contribution in [0.2, 0.25) is 5.02 Å². The lowest BCUT2D eigenvalue weighted by Gasteiger charge is -2.11. The Morgan fingerprint density at radius 1 is 0.929 bits per heavy atom. The zero-order valence-electron chi connectivity index (χ0n) is 14.7. The van der Waals surface area contributed by atoms with Gasteiger partial charge in [-0.1, -0.05) is 45.2 Å². The second-order valence-corrected chi connectivity index (χ2v) is 9.08. The third kappa shape index (κ3) is 4.92. The van der Waals surface area contributed by atoms with Gasteiger partial charge in [0.15, 0.2) is 0 Å². The van der Waals surface area contributed by atoms with E-state index in [1.807, 2.05) is 19.1 Å². The molecule has 3 aromatic rings. The van der Waals surface area contributed by atoms with Crippen LogP contribution in [0, 0.1) is 6.92 Å². The first-order valence-electron chi connectivity index (χ1n) is 8.20. The van der Waals surface area contributed by atoms with Gasteiger partial charge in [0.2, 0.25) is 0 Å². The Morgan fingerprint density at radius 2 is 1.54 bits per heavy atom. The molecule has 0 aliphatic heterocycles. The van der Waals surface area contributed by atoms with E-state index in [9.17, 15) is 13.2 Å². The third-order valence-electron chi connectivity index (χ3n) is 3.90. The van der Waals surface area contributed by atoms with E-state index < -0.39 is 15.9 Å². The highest BCUT2D eigenvalue weighted by Crippen LogP contribution is 2.24. The van der Waals surface area contributed by atoms with E-state index in [1.165, 1.54) is 18.2 Å². The highest BCUT2D eigenvalue weighted by molar-refractivity contribution is 9.10. The number of anilines is 2. The fourth-order valence-electron chi connectivity index (χ4n) is 2.41. The van der Waals surface area contributed by atoms with Crippen molar-refractivity contribution in [3.05, 3.63) is 87.4 Å². The van der Waals surface area contributed by atoms with Crippen LogP contribution in [0.25, 0.3) is 0 Å². The highest BCUT2D eigenvalue weighted by atomic mass is 79.9. The number of sulfonamides is 1. The van der Waals surface area contributed by atoms with Crippen LogP contribution in [0.15, 0.2) is 76.1 Å². The van der Waals surface area contributed by atoms with Gasteiger partial charge < -0.3 is 5.32 Å². The first kappa shape index (κ1) is 20.4. The summed E-state index contributed by atoms with van der Waals surface area (Å²) in [6.07, 6.45) is 0. The van der Waals surface area contributed by atoms with Gasteiger partial charge in [-0.2, -0.15) is 0 Å². The monoisotopic (exact) mass is 478 g/mol. The van der Waals surface area contributed by atoms with Gasteiger partial charge in [-0.15, -0.1) is 0 Å². The standard InChI is InChI=1S/C20H16BrClN2O3S/c1-13-2-6-15(7-3-13)23-20(25)18-12-17(10-11-19(18)22)28(26,27)24-16-8-4-14(21)5-9-16/h2-12,24H,1H3,(H,23,25). The number of halogens is 2. The molecule has 0 aliphatic rings. The molecule has 2 N–H and O–H groups in total. The van der Waals surface area contributed by atoms with E-state index in [-0.39, 0.29) is 15.5 Å². The molecular weight excluding hydrogens is 464 g/mol. The molecule has 0 saturated carbocycles. The topological polar surface area (TPSA) is 75.3 Å². The van der Waals surface area contributed by atoms with E-state index in [2.05, 4.69) is 26.0 Å². The Hall–Kier alpha value is -2.35. The van der Waals surface area contributed by atoms with E-state index in [1.54, 1.807) is 36.4 Å². The molecule has 0 radical (unpaired) electrons. The van der Waals surface area contributed by atoms with Gasteiger partial charge in [-0.3, -0.25) is 9.52 Å². The number of carbonyl (C=O) groups excluding carboxylic acids is 1. The molecule has 0 aromatic heterocycles. The summed E-state index contributed by atoms with van der Waals surface area (Å²) in [5.74, 6) is -0.491. The second kappa shape index (κ2) is 8.34. The number of carbonyl (C=O) groups is 1. The van der Waals surface area contributed by atoms with Crippen LogP contribution in [-0.2, 0) is 10.0 Å². The van der Waals surface area contributed by atoms with Crippen molar-refractivity contribution in [1.82, 2.24) is 0 Å². The molecule has 144 valence electrons. The van der Waals surface area contributed by atoms with Crippen molar-refractivity contribution in [2.75, 3.05) is 10.0 Å². The first-order valence-corrected chi connectivity index (χ1v) is 10.9. The molecule has 0 spiro atoms. The smallest absolute Gasteiger partial charge is 0.261 e. The lowest BCUT2D eigenvalue weighted by molar-refractivity contribution is 0.102. The summed E-state index contributed by atoms with van der Waals surface area (Å²) in [6.45, 7) is 1.94. The van der Waals surface area contributed by atoms with Crippen LogP contribution < -0.4 is 10.0 Å². The number of hydrogen-bond donors (Lipinski definition) is 2. The zero-order valence-corrected chi connectivity index (χ0v) is 17.9. The number of rotatable bonds is 5. The summed E-state index contributed by atoms with van der Waals surface area (Å²) in [4.78, 5) is 12.5. The number of aryl methyl sites for hydroxylation is 1. The third-order valence-corrected chi connectivity index (χ3v) is 6.14. The van der Waals surface area contributed by atoms with Crippen molar-refractivity contribution in [3.63, 3.8) is 0 Å². The van der Waals surface area contributed by atoms with E-state index >= 15 is 0 Å². The lowest BCUT2D eigenvalue weighted by atomic mass is 10.2. The van der Waals surface area contributed by atoms with Gasteiger partial charge in [-0.25, -0.2) is 8.42 Å². The maximum atomic E-state index is 12.7. The van der Waals surface area contributed by atoms with Crippen LogP contribution in [0.3, 0.4) is 0 Å². The summed E-state index contributed by atoms with van der Waals surface area (Å²) >= 11 is 9.43. The van der Waals surface area contributed by atoms with Gasteiger partial charge in [0.1, 0.15) is 0 Å². The van der Waals surface area contributed by atoms with Crippen molar-refractivity contribution in [2.45, 2.75) is 11.8 Å². The Bertz CT molecular complexity index is 1120. The average molecular weight is 480 g/mol. The molecule has 28 heavy (non-hydrogen) atoms. The molecule has 1 amide bonds. The van der Waals surface area contributed by atoms with E-state index in [4.69, 9.17) is 11.6 Å². The van der Waals surface area contributed by atoms with E-state index in [0.29, 0.717) is 11.4 Å². The van der Waals surface area contributed by atoms with Crippen LogP contribution >= 0.6 is 27.5 Å². The molecule has 8 heteroatoms. The predicted molar refractivity (Wildman–Crippen MR) is 116 cm³/mol. The molecule has 0 heterocycles. The molecule has 0 fully saturated rings. The zero-order chi connectivity index (χ0) is 20.3. The highest BCUT2D eigenvalue weighted by Gasteiger charge is 2.19. The van der Waals surface area contributed by atoms with Crippen LogP contribution in [-0.4, -0.2) is 14.3 Å².